The van der Waals surface area contributed by atoms with Crippen molar-refractivity contribution in [2.24, 2.45) is 11.7 Å². The summed E-state index contributed by atoms with van der Waals surface area (Å²) in [4.78, 5) is 10.4. The molecule has 0 bridgehead atoms. The number of aromatic nitrogens is 2. The Labute approximate surface area is 95.2 Å². The fourth-order valence-corrected chi connectivity index (χ4v) is 1.95. The number of nitrogens with two attached hydrogens (primary N) is 1. The van der Waals surface area contributed by atoms with E-state index in [1.807, 2.05) is 11.9 Å². The summed E-state index contributed by atoms with van der Waals surface area (Å²) in [5.41, 5.74) is 5.96. The first-order valence-electron chi connectivity index (χ1n) is 5.55. The lowest BCUT2D eigenvalue weighted by atomic mass is 9.85. The van der Waals surface area contributed by atoms with Gasteiger partial charge in [-0.25, -0.2) is 9.97 Å². The average molecular weight is 219 g/mol. The van der Waals surface area contributed by atoms with Crippen molar-refractivity contribution in [1.29, 1.82) is 5.41 Å². The molecule has 1 aromatic rings. The Hall–Kier alpha value is -1.65. The quantitative estimate of drug-likeness (QED) is 0.585. The maximum atomic E-state index is 7.46. The largest absolute Gasteiger partial charge is 0.382 e. The van der Waals surface area contributed by atoms with Crippen molar-refractivity contribution in [2.45, 2.75) is 19.3 Å². The molecule has 0 aromatic carbocycles. The first-order chi connectivity index (χ1) is 7.68. The summed E-state index contributed by atoms with van der Waals surface area (Å²) in [5, 5.41) is 7.46. The third kappa shape index (κ3) is 2.13. The first-order valence-corrected chi connectivity index (χ1v) is 5.55. The number of hydrogen-bond acceptors (Lipinski definition) is 4. The van der Waals surface area contributed by atoms with Crippen LogP contribution in [-0.2, 0) is 0 Å². The van der Waals surface area contributed by atoms with Gasteiger partial charge in [0.05, 0.1) is 0 Å². The molecule has 1 aromatic heterocycles. The third-order valence-corrected chi connectivity index (χ3v) is 3.05. The number of nitrogens with one attached hydrogen (secondary N) is 1. The van der Waals surface area contributed by atoms with E-state index in [1.165, 1.54) is 19.3 Å². The molecule has 0 aliphatic heterocycles. The fourth-order valence-electron chi connectivity index (χ4n) is 1.95. The summed E-state index contributed by atoms with van der Waals surface area (Å²) in [5.74, 6) is 1.44. The van der Waals surface area contributed by atoms with Gasteiger partial charge in [0.1, 0.15) is 11.5 Å². The van der Waals surface area contributed by atoms with Crippen molar-refractivity contribution < 1.29 is 0 Å². The molecule has 5 heteroatoms. The average Bonchev–Trinajstić information content (AvgIpc) is 2.23. The zero-order chi connectivity index (χ0) is 11.5. The Morgan fingerprint density at radius 3 is 2.75 bits per heavy atom. The molecule has 86 valence electrons. The number of hydrogen-bond donors (Lipinski definition) is 2. The molecule has 5 nitrogen and oxygen atoms in total. The zero-order valence-electron chi connectivity index (χ0n) is 9.48. The number of anilines is 1. The molecule has 0 saturated heterocycles. The molecule has 1 saturated carbocycles. The van der Waals surface area contributed by atoms with Crippen molar-refractivity contribution in [1.82, 2.24) is 9.97 Å². The number of amidine groups is 1. The zero-order valence-corrected chi connectivity index (χ0v) is 9.48. The van der Waals surface area contributed by atoms with E-state index in [9.17, 15) is 0 Å². The molecule has 1 aliphatic carbocycles. The summed E-state index contributed by atoms with van der Waals surface area (Å²) in [6.07, 6.45) is 7.12. The second-order valence-electron chi connectivity index (χ2n) is 4.32. The molecule has 0 unspecified atom stereocenters. The van der Waals surface area contributed by atoms with Crippen molar-refractivity contribution in [2.75, 3.05) is 18.5 Å². The maximum Gasteiger partial charge on any atom is 0.158 e. The molecule has 16 heavy (non-hydrogen) atoms. The van der Waals surface area contributed by atoms with E-state index in [0.29, 0.717) is 11.5 Å². The molecule has 1 aliphatic rings. The highest BCUT2D eigenvalue weighted by Crippen LogP contribution is 2.28. The monoisotopic (exact) mass is 219 g/mol. The van der Waals surface area contributed by atoms with Crippen LogP contribution < -0.4 is 10.6 Å². The van der Waals surface area contributed by atoms with Gasteiger partial charge in [0.15, 0.2) is 5.82 Å². The van der Waals surface area contributed by atoms with Gasteiger partial charge in [-0.15, -0.1) is 0 Å². The van der Waals surface area contributed by atoms with Crippen molar-refractivity contribution in [3.63, 3.8) is 0 Å². The summed E-state index contributed by atoms with van der Waals surface area (Å²) < 4.78 is 0. The van der Waals surface area contributed by atoms with Crippen LogP contribution in [0.2, 0.25) is 0 Å². The van der Waals surface area contributed by atoms with Gasteiger partial charge in [0, 0.05) is 26.0 Å². The molecule has 1 heterocycles. The van der Waals surface area contributed by atoms with Gasteiger partial charge in [0.2, 0.25) is 0 Å². The molecule has 1 fully saturated rings. The van der Waals surface area contributed by atoms with E-state index in [0.717, 1.165) is 12.5 Å². The van der Waals surface area contributed by atoms with E-state index >= 15 is 0 Å². The summed E-state index contributed by atoms with van der Waals surface area (Å²) in [6, 6.07) is 0. The van der Waals surface area contributed by atoms with Crippen LogP contribution in [0.3, 0.4) is 0 Å². The molecule has 3 N–H and O–H groups in total. The minimum Gasteiger partial charge on any atom is -0.382 e. The normalized spacial score (nSPS) is 15.6. The maximum absolute atomic E-state index is 7.46. The highest BCUT2D eigenvalue weighted by Gasteiger charge is 2.21. The van der Waals surface area contributed by atoms with E-state index in [2.05, 4.69) is 9.97 Å². The molecule has 0 spiro atoms. The Morgan fingerprint density at radius 2 is 2.19 bits per heavy atom. The smallest absolute Gasteiger partial charge is 0.158 e. The summed E-state index contributed by atoms with van der Waals surface area (Å²) >= 11 is 0. The standard InChI is InChI=1S/C11H17N5/c1-16(7-8-3-2-4-8)11-9(10(12)13)14-5-6-15-11/h5-6,8H,2-4,7H2,1H3,(H3,12,13). The predicted molar refractivity (Wildman–Crippen MR) is 63.7 cm³/mol. The molecule has 0 atom stereocenters. The lowest BCUT2D eigenvalue weighted by molar-refractivity contribution is 0.321. The van der Waals surface area contributed by atoms with Gasteiger partial charge in [-0.1, -0.05) is 6.42 Å². The SMILES string of the molecule is CN(CC1CCC1)c1nccnc1C(=N)N. The molecule has 2 rings (SSSR count). The van der Waals surface area contributed by atoms with Gasteiger partial charge in [-0.3, -0.25) is 5.41 Å². The van der Waals surface area contributed by atoms with Gasteiger partial charge in [-0.05, 0) is 18.8 Å². The molecular formula is C11H17N5. The number of rotatable bonds is 4. The topological polar surface area (TPSA) is 78.9 Å². The predicted octanol–water partition coefficient (Wildman–Crippen LogP) is 0.997. The third-order valence-electron chi connectivity index (χ3n) is 3.05. The second-order valence-corrected chi connectivity index (χ2v) is 4.32. The van der Waals surface area contributed by atoms with Crippen LogP contribution in [0.1, 0.15) is 25.0 Å². The van der Waals surface area contributed by atoms with Crippen LogP contribution in [-0.4, -0.2) is 29.4 Å². The van der Waals surface area contributed by atoms with Crippen LogP contribution in [0.4, 0.5) is 5.82 Å². The van der Waals surface area contributed by atoms with Crippen molar-refractivity contribution in [3.05, 3.63) is 18.1 Å². The Balaban J connectivity index is 2.14. The number of nitrogens with zero attached hydrogens (tertiary/aromatic N) is 3. The highest BCUT2D eigenvalue weighted by molar-refractivity contribution is 5.97. The fraction of sp³-hybridized carbons (Fsp3) is 0.545. The Kier molecular flexibility index (Phi) is 3.03. The van der Waals surface area contributed by atoms with Gasteiger partial charge < -0.3 is 10.6 Å². The van der Waals surface area contributed by atoms with Crippen molar-refractivity contribution >= 4 is 11.7 Å². The lowest BCUT2D eigenvalue weighted by Crippen LogP contribution is -2.32. The van der Waals surface area contributed by atoms with Crippen LogP contribution in [0.15, 0.2) is 12.4 Å². The minimum atomic E-state index is -0.0245. The first kappa shape index (κ1) is 10.9. The van der Waals surface area contributed by atoms with E-state index < -0.39 is 0 Å². The van der Waals surface area contributed by atoms with Gasteiger partial charge in [-0.2, -0.15) is 0 Å². The van der Waals surface area contributed by atoms with Crippen LogP contribution in [0.25, 0.3) is 0 Å². The number of nitrogen functional groups attached to an aromatic ring is 1. The molecular weight excluding hydrogens is 202 g/mol. The molecule has 0 radical (unpaired) electrons. The van der Waals surface area contributed by atoms with Crippen molar-refractivity contribution in [3.8, 4) is 0 Å². The Morgan fingerprint density at radius 1 is 1.50 bits per heavy atom. The van der Waals surface area contributed by atoms with Gasteiger partial charge in [0.25, 0.3) is 0 Å². The lowest BCUT2D eigenvalue weighted by Gasteiger charge is -2.31. The van der Waals surface area contributed by atoms with E-state index in [1.54, 1.807) is 12.4 Å². The van der Waals surface area contributed by atoms with Crippen LogP contribution in [0, 0.1) is 11.3 Å². The van der Waals surface area contributed by atoms with E-state index in [4.69, 9.17) is 11.1 Å². The molecule has 0 amide bonds. The van der Waals surface area contributed by atoms with Crippen LogP contribution >= 0.6 is 0 Å². The second kappa shape index (κ2) is 4.47. The van der Waals surface area contributed by atoms with Crippen LogP contribution in [0.5, 0.6) is 0 Å². The van der Waals surface area contributed by atoms with E-state index in [-0.39, 0.29) is 5.84 Å². The van der Waals surface area contributed by atoms with Gasteiger partial charge >= 0.3 is 0 Å². The summed E-state index contributed by atoms with van der Waals surface area (Å²) in [7, 11) is 1.98. The highest BCUT2D eigenvalue weighted by atomic mass is 15.2. The minimum absolute atomic E-state index is 0.0245. The summed E-state index contributed by atoms with van der Waals surface area (Å²) in [6.45, 7) is 0.971. The Bertz CT molecular complexity index is 386.